The number of benzene rings is 3. The summed E-state index contributed by atoms with van der Waals surface area (Å²) in [6.07, 6.45) is -0.477. The number of hydrogen-bond donors (Lipinski definition) is 5. The Kier molecular flexibility index (Phi) is 5.82. The van der Waals surface area contributed by atoms with E-state index in [-0.39, 0.29) is 30.4 Å². The molecule has 8 heteroatoms. The molecule has 0 bridgehead atoms. The topological polar surface area (TPSA) is 128 Å². The molecular formula is C27H26N2O6. The van der Waals surface area contributed by atoms with Gasteiger partial charge >= 0.3 is 12.1 Å². The maximum Gasteiger partial charge on any atom is 0.407 e. The molecule has 1 heterocycles. The summed E-state index contributed by atoms with van der Waals surface area (Å²) in [6.45, 7) is 1.89. The number of carboxylic acids is 1. The minimum Gasteiger partial charge on any atom is -0.504 e. The lowest BCUT2D eigenvalue weighted by Gasteiger charge is -2.35. The van der Waals surface area contributed by atoms with Gasteiger partial charge in [-0.2, -0.15) is 0 Å². The molecule has 1 aliphatic carbocycles. The third-order valence-corrected chi connectivity index (χ3v) is 6.86. The van der Waals surface area contributed by atoms with Crippen LogP contribution in [0.25, 0.3) is 11.1 Å². The third-order valence-electron chi connectivity index (χ3n) is 6.86. The van der Waals surface area contributed by atoms with E-state index >= 15 is 0 Å². The highest BCUT2D eigenvalue weighted by atomic mass is 16.5. The second kappa shape index (κ2) is 8.96. The lowest BCUT2D eigenvalue weighted by Crippen LogP contribution is -2.52. The number of hydrogen-bond acceptors (Lipinski definition) is 6. The van der Waals surface area contributed by atoms with Crippen LogP contribution in [0.5, 0.6) is 11.5 Å². The van der Waals surface area contributed by atoms with Crippen molar-refractivity contribution in [3.8, 4) is 22.6 Å². The minimum atomic E-state index is -1.04. The summed E-state index contributed by atoms with van der Waals surface area (Å²) in [5.41, 5.74) is 5.70. The molecule has 3 aromatic rings. The molecule has 0 saturated heterocycles. The lowest BCUT2D eigenvalue weighted by molar-refractivity contribution is -0.139. The van der Waals surface area contributed by atoms with Gasteiger partial charge < -0.3 is 25.4 Å². The van der Waals surface area contributed by atoms with Crippen LogP contribution in [-0.2, 0) is 16.0 Å². The Labute approximate surface area is 202 Å². The highest BCUT2D eigenvalue weighted by molar-refractivity contribution is 5.79. The number of aromatic hydroxyl groups is 2. The standard InChI is InChI=1S/C27H26N2O6/c1-14(25-20-12-24(31)23(30)11-15(20)10-22(29-25)26(32)33)28-27(34)35-13-21-18-8-4-2-6-16(18)17-7-3-5-9-19(17)21/h2-9,11-12,14,21-22,25,29-31H,10,13H2,1H3,(H,28,34)(H,32,33)/t14-,22-,25+/m0/s1. The molecule has 8 nitrogen and oxygen atoms in total. The van der Waals surface area contributed by atoms with Crippen molar-refractivity contribution in [3.63, 3.8) is 0 Å². The van der Waals surface area contributed by atoms with Gasteiger partial charge in [0.2, 0.25) is 0 Å². The van der Waals surface area contributed by atoms with E-state index in [1.54, 1.807) is 6.92 Å². The van der Waals surface area contributed by atoms with Gasteiger partial charge in [-0.3, -0.25) is 10.1 Å². The fourth-order valence-electron chi connectivity index (χ4n) is 5.17. The van der Waals surface area contributed by atoms with Gasteiger partial charge in [0.25, 0.3) is 0 Å². The van der Waals surface area contributed by atoms with Crippen LogP contribution in [0.4, 0.5) is 4.79 Å². The number of nitrogens with one attached hydrogen (secondary N) is 2. The van der Waals surface area contributed by atoms with Crippen molar-refractivity contribution >= 4 is 12.1 Å². The molecule has 0 radical (unpaired) electrons. The van der Waals surface area contributed by atoms with Crippen LogP contribution in [0, 0.1) is 0 Å². The van der Waals surface area contributed by atoms with E-state index in [0.29, 0.717) is 11.1 Å². The zero-order valence-corrected chi connectivity index (χ0v) is 19.1. The normalized spacial score (nSPS) is 19.2. The predicted molar refractivity (Wildman–Crippen MR) is 128 cm³/mol. The molecule has 180 valence electrons. The minimum absolute atomic E-state index is 0.0756. The van der Waals surface area contributed by atoms with Crippen molar-refractivity contribution in [3.05, 3.63) is 82.9 Å². The van der Waals surface area contributed by atoms with Crippen molar-refractivity contribution in [2.45, 2.75) is 37.4 Å². The van der Waals surface area contributed by atoms with Crippen LogP contribution in [0.3, 0.4) is 0 Å². The van der Waals surface area contributed by atoms with Crippen molar-refractivity contribution < 1.29 is 29.6 Å². The summed E-state index contributed by atoms with van der Waals surface area (Å²) >= 11 is 0. The van der Waals surface area contributed by atoms with Crippen molar-refractivity contribution in [1.29, 1.82) is 0 Å². The van der Waals surface area contributed by atoms with E-state index in [9.17, 15) is 24.9 Å². The average Bonchev–Trinajstić information content (AvgIpc) is 3.16. The van der Waals surface area contributed by atoms with E-state index < -0.39 is 30.2 Å². The van der Waals surface area contributed by atoms with Crippen LogP contribution in [0.15, 0.2) is 60.7 Å². The average molecular weight is 475 g/mol. The van der Waals surface area contributed by atoms with Crippen LogP contribution in [0.1, 0.15) is 41.1 Å². The first kappa shape index (κ1) is 22.7. The molecule has 0 aromatic heterocycles. The number of phenolic OH excluding ortho intramolecular Hbond substituents is 2. The Hall–Kier alpha value is -4.04. The summed E-state index contributed by atoms with van der Waals surface area (Å²) in [6, 6.07) is 16.8. The largest absolute Gasteiger partial charge is 0.504 e. The van der Waals surface area contributed by atoms with Gasteiger partial charge in [-0.1, -0.05) is 48.5 Å². The van der Waals surface area contributed by atoms with Gasteiger partial charge in [-0.25, -0.2) is 4.79 Å². The first-order chi connectivity index (χ1) is 16.8. The Morgan fingerprint density at radius 3 is 2.23 bits per heavy atom. The molecule has 0 unspecified atom stereocenters. The number of carbonyl (C=O) groups excluding carboxylic acids is 1. The molecule has 5 rings (SSSR count). The number of phenols is 2. The van der Waals surface area contributed by atoms with E-state index in [0.717, 1.165) is 22.3 Å². The summed E-state index contributed by atoms with van der Waals surface area (Å²) in [5.74, 6) is -1.74. The predicted octanol–water partition coefficient (Wildman–Crippen LogP) is 3.67. The van der Waals surface area contributed by atoms with Gasteiger partial charge in [0, 0.05) is 12.0 Å². The fraction of sp³-hybridized carbons (Fsp3) is 0.259. The first-order valence-corrected chi connectivity index (χ1v) is 11.5. The number of fused-ring (bicyclic) bond motifs is 4. The van der Waals surface area contributed by atoms with Crippen molar-refractivity contribution in [2.75, 3.05) is 6.61 Å². The quantitative estimate of drug-likeness (QED) is 0.357. The van der Waals surface area contributed by atoms with Crippen LogP contribution in [-0.4, -0.2) is 46.1 Å². The van der Waals surface area contributed by atoms with Crippen molar-refractivity contribution in [2.24, 2.45) is 0 Å². The number of rotatable bonds is 5. The van der Waals surface area contributed by atoms with Gasteiger partial charge in [-0.05, 0) is 58.9 Å². The molecule has 3 atom stereocenters. The monoisotopic (exact) mass is 474 g/mol. The first-order valence-electron chi connectivity index (χ1n) is 11.5. The zero-order valence-electron chi connectivity index (χ0n) is 19.1. The Bertz CT molecular complexity index is 1260. The molecule has 1 amide bonds. The summed E-state index contributed by atoms with van der Waals surface area (Å²) in [4.78, 5) is 24.4. The van der Waals surface area contributed by atoms with Gasteiger partial charge in [0.15, 0.2) is 11.5 Å². The molecule has 0 spiro atoms. The maximum absolute atomic E-state index is 12.8. The van der Waals surface area contributed by atoms with Crippen molar-refractivity contribution in [1.82, 2.24) is 10.6 Å². The van der Waals surface area contributed by atoms with E-state index in [4.69, 9.17) is 4.74 Å². The molecule has 1 aliphatic heterocycles. The van der Waals surface area contributed by atoms with E-state index in [1.807, 2.05) is 36.4 Å². The lowest BCUT2D eigenvalue weighted by atomic mass is 9.86. The third kappa shape index (κ3) is 4.17. The maximum atomic E-state index is 12.8. The van der Waals surface area contributed by atoms with Crippen LogP contribution in [0.2, 0.25) is 0 Å². The van der Waals surface area contributed by atoms with E-state index in [1.165, 1.54) is 12.1 Å². The van der Waals surface area contributed by atoms with Crippen LogP contribution < -0.4 is 10.6 Å². The van der Waals surface area contributed by atoms with Gasteiger partial charge in [0.1, 0.15) is 12.6 Å². The number of alkyl carbamates (subject to hydrolysis) is 1. The Balaban J connectivity index is 1.30. The molecule has 5 N–H and O–H groups in total. The number of ether oxygens (including phenoxy) is 1. The number of amides is 1. The number of carbonyl (C=O) groups is 2. The number of carboxylic acid groups (broad SMARTS) is 1. The molecule has 2 aliphatic rings. The zero-order chi connectivity index (χ0) is 24.7. The second-order valence-electron chi connectivity index (χ2n) is 9.04. The molecule has 0 fully saturated rings. The molecular weight excluding hydrogens is 448 g/mol. The Morgan fingerprint density at radius 1 is 1.00 bits per heavy atom. The Morgan fingerprint density at radius 2 is 1.60 bits per heavy atom. The highest BCUT2D eigenvalue weighted by Gasteiger charge is 2.35. The fourth-order valence-corrected chi connectivity index (χ4v) is 5.17. The summed E-state index contributed by atoms with van der Waals surface area (Å²) < 4.78 is 5.62. The molecule has 3 aromatic carbocycles. The second-order valence-corrected chi connectivity index (χ2v) is 9.04. The number of aliphatic carboxylic acids is 1. The summed E-state index contributed by atoms with van der Waals surface area (Å²) in [5, 5.41) is 35.2. The van der Waals surface area contributed by atoms with Gasteiger partial charge in [-0.15, -0.1) is 0 Å². The SMILES string of the molecule is C[C@H](NC(=O)OCC1c2ccccc2-c2ccccc21)[C@H]1N[C@H](C(=O)O)Cc2cc(O)c(O)cc21. The van der Waals surface area contributed by atoms with Crippen LogP contribution >= 0.6 is 0 Å². The summed E-state index contributed by atoms with van der Waals surface area (Å²) in [7, 11) is 0. The molecule has 0 saturated carbocycles. The smallest absolute Gasteiger partial charge is 0.407 e. The highest BCUT2D eigenvalue weighted by Crippen LogP contribution is 2.44. The van der Waals surface area contributed by atoms with E-state index in [2.05, 4.69) is 22.8 Å². The van der Waals surface area contributed by atoms with Gasteiger partial charge in [0.05, 0.1) is 6.04 Å². The molecule has 35 heavy (non-hydrogen) atoms.